The molecule has 0 spiro atoms. The van der Waals surface area contributed by atoms with Crippen LogP contribution in [-0.2, 0) is 11.2 Å². The van der Waals surface area contributed by atoms with Crippen molar-refractivity contribution in [2.75, 3.05) is 19.5 Å². The number of methoxy groups -OCH3 is 1. The van der Waals surface area contributed by atoms with Crippen LogP contribution in [0.2, 0.25) is 0 Å². The molecule has 3 heteroatoms. The van der Waals surface area contributed by atoms with E-state index in [9.17, 15) is 5.11 Å². The Bertz CT molecular complexity index is 538. The summed E-state index contributed by atoms with van der Waals surface area (Å²) in [4.78, 5) is 0. The predicted octanol–water partition coefficient (Wildman–Crippen LogP) is 2.83. The average molecular weight is 243 g/mol. The molecule has 0 bridgehead atoms. The lowest BCUT2D eigenvalue weighted by Crippen LogP contribution is -2.01. The highest BCUT2D eigenvalue weighted by Gasteiger charge is 2.07. The summed E-state index contributed by atoms with van der Waals surface area (Å²) < 4.78 is 5.07. The van der Waals surface area contributed by atoms with Crippen molar-refractivity contribution in [3.8, 4) is 16.9 Å². The number of rotatable bonds is 4. The first-order valence-corrected chi connectivity index (χ1v) is 5.88. The number of ether oxygens (including phenoxy) is 1. The van der Waals surface area contributed by atoms with E-state index in [4.69, 9.17) is 10.5 Å². The van der Waals surface area contributed by atoms with Gasteiger partial charge in [-0.2, -0.15) is 0 Å². The highest BCUT2D eigenvalue weighted by molar-refractivity contribution is 5.79. The molecule has 2 rings (SSSR count). The van der Waals surface area contributed by atoms with Gasteiger partial charge < -0.3 is 15.6 Å². The standard InChI is InChI=1S/C15H17NO2/c1-18-9-8-11-4-3-7-14(15(11)16)12-5-2-6-13(17)10-12/h2-7,10,17H,8-9,16H2,1H3. The Hall–Kier alpha value is -2.00. The molecule has 0 aliphatic carbocycles. The number of benzene rings is 2. The van der Waals surface area contributed by atoms with Gasteiger partial charge in [0.1, 0.15) is 5.75 Å². The minimum absolute atomic E-state index is 0.245. The highest BCUT2D eigenvalue weighted by Crippen LogP contribution is 2.30. The summed E-state index contributed by atoms with van der Waals surface area (Å²) in [5, 5.41) is 9.52. The molecule has 0 aromatic heterocycles. The quantitative estimate of drug-likeness (QED) is 0.812. The number of nitrogens with two attached hydrogens (primary N) is 1. The molecule has 0 amide bonds. The number of nitrogen functional groups attached to an aromatic ring is 1. The molecule has 2 aromatic rings. The predicted molar refractivity (Wildman–Crippen MR) is 73.5 cm³/mol. The monoisotopic (exact) mass is 243 g/mol. The van der Waals surface area contributed by atoms with E-state index < -0.39 is 0 Å². The van der Waals surface area contributed by atoms with Crippen molar-refractivity contribution < 1.29 is 9.84 Å². The third-order valence-corrected chi connectivity index (χ3v) is 2.93. The van der Waals surface area contributed by atoms with Gasteiger partial charge in [0.05, 0.1) is 6.61 Å². The second-order valence-corrected chi connectivity index (χ2v) is 4.17. The lowest BCUT2D eigenvalue weighted by Gasteiger charge is -2.11. The van der Waals surface area contributed by atoms with Gasteiger partial charge in [-0.05, 0) is 29.7 Å². The van der Waals surface area contributed by atoms with E-state index in [1.54, 1.807) is 19.2 Å². The van der Waals surface area contributed by atoms with Gasteiger partial charge >= 0.3 is 0 Å². The van der Waals surface area contributed by atoms with E-state index in [1.165, 1.54) is 0 Å². The fourth-order valence-electron chi connectivity index (χ4n) is 1.97. The summed E-state index contributed by atoms with van der Waals surface area (Å²) >= 11 is 0. The Morgan fingerprint density at radius 3 is 2.67 bits per heavy atom. The molecule has 0 atom stereocenters. The molecule has 0 heterocycles. The topological polar surface area (TPSA) is 55.5 Å². The number of para-hydroxylation sites is 1. The summed E-state index contributed by atoms with van der Waals surface area (Å²) in [5.74, 6) is 0.245. The normalized spacial score (nSPS) is 10.5. The summed E-state index contributed by atoms with van der Waals surface area (Å²) in [5.41, 5.74) is 9.85. The van der Waals surface area contributed by atoms with Gasteiger partial charge in [-0.25, -0.2) is 0 Å². The van der Waals surface area contributed by atoms with Crippen LogP contribution in [0.25, 0.3) is 11.1 Å². The van der Waals surface area contributed by atoms with Crippen LogP contribution in [0.3, 0.4) is 0 Å². The first-order chi connectivity index (χ1) is 8.72. The first-order valence-electron chi connectivity index (χ1n) is 5.88. The largest absolute Gasteiger partial charge is 0.508 e. The van der Waals surface area contributed by atoms with Gasteiger partial charge in [0.2, 0.25) is 0 Å². The van der Waals surface area contributed by atoms with Crippen molar-refractivity contribution in [3.05, 3.63) is 48.0 Å². The van der Waals surface area contributed by atoms with E-state index >= 15 is 0 Å². The summed E-state index contributed by atoms with van der Waals surface area (Å²) in [6.07, 6.45) is 0.787. The smallest absolute Gasteiger partial charge is 0.116 e. The van der Waals surface area contributed by atoms with Crippen molar-refractivity contribution in [3.63, 3.8) is 0 Å². The number of aromatic hydroxyl groups is 1. The van der Waals surface area contributed by atoms with Crippen molar-refractivity contribution in [1.82, 2.24) is 0 Å². The molecule has 0 saturated carbocycles. The van der Waals surface area contributed by atoms with Crippen LogP contribution in [0.5, 0.6) is 5.75 Å². The maximum Gasteiger partial charge on any atom is 0.116 e. The Morgan fingerprint density at radius 2 is 1.94 bits per heavy atom. The lowest BCUT2D eigenvalue weighted by molar-refractivity contribution is 0.202. The van der Waals surface area contributed by atoms with Gasteiger partial charge in [0.15, 0.2) is 0 Å². The van der Waals surface area contributed by atoms with E-state index in [1.807, 2.05) is 30.3 Å². The second kappa shape index (κ2) is 5.56. The molecule has 0 aliphatic rings. The van der Waals surface area contributed by atoms with Crippen LogP contribution < -0.4 is 5.73 Å². The fourth-order valence-corrected chi connectivity index (χ4v) is 1.97. The van der Waals surface area contributed by atoms with Crippen LogP contribution in [0.1, 0.15) is 5.56 Å². The molecule has 0 aliphatic heterocycles. The number of hydrogen-bond donors (Lipinski definition) is 2. The van der Waals surface area contributed by atoms with Crippen molar-refractivity contribution >= 4 is 5.69 Å². The van der Waals surface area contributed by atoms with Crippen molar-refractivity contribution in [2.45, 2.75) is 6.42 Å². The minimum atomic E-state index is 0.245. The Kier molecular flexibility index (Phi) is 3.85. The average Bonchev–Trinajstić information content (AvgIpc) is 2.37. The number of hydrogen-bond acceptors (Lipinski definition) is 3. The van der Waals surface area contributed by atoms with Gasteiger partial charge in [0.25, 0.3) is 0 Å². The van der Waals surface area contributed by atoms with Crippen LogP contribution in [0, 0.1) is 0 Å². The molecule has 2 aromatic carbocycles. The highest BCUT2D eigenvalue weighted by atomic mass is 16.5. The van der Waals surface area contributed by atoms with Crippen LogP contribution in [0.4, 0.5) is 5.69 Å². The summed E-state index contributed by atoms with van der Waals surface area (Å²) in [7, 11) is 1.68. The molecule has 3 N–H and O–H groups in total. The molecule has 0 fully saturated rings. The molecular weight excluding hydrogens is 226 g/mol. The molecule has 0 radical (unpaired) electrons. The molecule has 3 nitrogen and oxygen atoms in total. The lowest BCUT2D eigenvalue weighted by atomic mass is 9.99. The zero-order chi connectivity index (χ0) is 13.0. The number of phenolic OH excluding ortho intramolecular Hbond substituents is 1. The summed E-state index contributed by atoms with van der Waals surface area (Å²) in [6, 6.07) is 13.0. The maximum absolute atomic E-state index is 9.52. The number of phenols is 1. The Balaban J connectivity index is 2.39. The van der Waals surface area contributed by atoms with Crippen LogP contribution in [-0.4, -0.2) is 18.8 Å². The first kappa shape index (κ1) is 12.5. The molecule has 94 valence electrons. The Labute approximate surface area is 107 Å². The summed E-state index contributed by atoms with van der Waals surface area (Å²) in [6.45, 7) is 0.647. The van der Waals surface area contributed by atoms with E-state index in [0.717, 1.165) is 28.8 Å². The molecule has 0 saturated heterocycles. The molecular formula is C15H17NO2. The zero-order valence-corrected chi connectivity index (χ0v) is 10.4. The third kappa shape index (κ3) is 2.63. The van der Waals surface area contributed by atoms with Gasteiger partial charge in [-0.15, -0.1) is 0 Å². The van der Waals surface area contributed by atoms with Gasteiger partial charge in [-0.1, -0.05) is 30.3 Å². The van der Waals surface area contributed by atoms with E-state index in [0.29, 0.717) is 6.61 Å². The third-order valence-electron chi connectivity index (χ3n) is 2.93. The molecule has 0 unspecified atom stereocenters. The minimum Gasteiger partial charge on any atom is -0.508 e. The maximum atomic E-state index is 9.52. The fraction of sp³-hybridized carbons (Fsp3) is 0.200. The van der Waals surface area contributed by atoms with Crippen molar-refractivity contribution in [1.29, 1.82) is 0 Å². The molecule has 18 heavy (non-hydrogen) atoms. The van der Waals surface area contributed by atoms with E-state index in [2.05, 4.69) is 0 Å². The van der Waals surface area contributed by atoms with Crippen LogP contribution >= 0.6 is 0 Å². The Morgan fingerprint density at radius 1 is 1.17 bits per heavy atom. The van der Waals surface area contributed by atoms with Gasteiger partial charge in [-0.3, -0.25) is 0 Å². The van der Waals surface area contributed by atoms with Crippen LogP contribution in [0.15, 0.2) is 42.5 Å². The second-order valence-electron chi connectivity index (χ2n) is 4.17. The zero-order valence-electron chi connectivity index (χ0n) is 10.4. The number of anilines is 1. The van der Waals surface area contributed by atoms with Crippen molar-refractivity contribution in [2.24, 2.45) is 0 Å². The SMILES string of the molecule is COCCc1cccc(-c2cccc(O)c2)c1N. The van der Waals surface area contributed by atoms with Gasteiger partial charge in [0, 0.05) is 18.4 Å². The van der Waals surface area contributed by atoms with E-state index in [-0.39, 0.29) is 5.75 Å².